The maximum Gasteiger partial charge on any atom is 0.341 e. The van der Waals surface area contributed by atoms with Crippen molar-refractivity contribution in [3.8, 4) is 0 Å². The molecule has 0 aliphatic heterocycles. The van der Waals surface area contributed by atoms with E-state index in [1.807, 2.05) is 0 Å². The molecule has 0 saturated heterocycles. The van der Waals surface area contributed by atoms with Crippen LogP contribution < -0.4 is 5.32 Å². The standard InChI is InChI=1S/C12H17BrN2O2/c1-12(2,3)7-15-10-9(11(16)17-4)5-8(13)6-14-10/h5-6H,7H2,1-4H3,(H,14,15). The predicted molar refractivity (Wildman–Crippen MR) is 71.2 cm³/mol. The highest BCUT2D eigenvalue weighted by Crippen LogP contribution is 2.21. The summed E-state index contributed by atoms with van der Waals surface area (Å²) in [4.78, 5) is 15.8. The van der Waals surface area contributed by atoms with E-state index in [0.29, 0.717) is 11.4 Å². The first kappa shape index (κ1) is 14.0. The molecular formula is C12H17BrN2O2. The Morgan fingerprint density at radius 3 is 2.71 bits per heavy atom. The van der Waals surface area contributed by atoms with Crippen molar-refractivity contribution in [1.29, 1.82) is 0 Å². The normalized spacial score (nSPS) is 11.1. The molecule has 0 aliphatic carbocycles. The van der Waals surface area contributed by atoms with Crippen LogP contribution in [-0.2, 0) is 4.74 Å². The number of anilines is 1. The van der Waals surface area contributed by atoms with Gasteiger partial charge < -0.3 is 10.1 Å². The summed E-state index contributed by atoms with van der Waals surface area (Å²) in [7, 11) is 1.36. The molecule has 94 valence electrons. The molecule has 0 bridgehead atoms. The third kappa shape index (κ3) is 4.34. The molecule has 0 unspecified atom stereocenters. The SMILES string of the molecule is COC(=O)c1cc(Br)cnc1NCC(C)(C)C. The zero-order valence-electron chi connectivity index (χ0n) is 10.5. The Kier molecular flexibility index (Phi) is 4.51. The van der Waals surface area contributed by atoms with Crippen LogP contribution in [0.1, 0.15) is 31.1 Å². The average molecular weight is 301 g/mol. The van der Waals surface area contributed by atoms with Gasteiger partial charge in [-0.3, -0.25) is 0 Å². The Balaban J connectivity index is 2.94. The number of hydrogen-bond donors (Lipinski definition) is 1. The van der Waals surface area contributed by atoms with Crippen molar-refractivity contribution in [2.75, 3.05) is 19.0 Å². The Morgan fingerprint density at radius 1 is 1.53 bits per heavy atom. The number of rotatable bonds is 3. The Bertz CT molecular complexity index is 413. The minimum Gasteiger partial charge on any atom is -0.465 e. The average Bonchev–Trinajstić information content (AvgIpc) is 2.25. The van der Waals surface area contributed by atoms with Crippen LogP contribution in [-0.4, -0.2) is 24.6 Å². The van der Waals surface area contributed by atoms with Crippen LogP contribution in [0.25, 0.3) is 0 Å². The fourth-order valence-corrected chi connectivity index (χ4v) is 1.53. The van der Waals surface area contributed by atoms with Gasteiger partial charge in [0.2, 0.25) is 0 Å². The second-order valence-electron chi connectivity index (χ2n) is 4.96. The molecule has 5 heteroatoms. The molecule has 1 rings (SSSR count). The smallest absolute Gasteiger partial charge is 0.341 e. The van der Waals surface area contributed by atoms with Gasteiger partial charge >= 0.3 is 5.97 Å². The number of nitrogens with one attached hydrogen (secondary N) is 1. The first-order valence-corrected chi connectivity index (χ1v) is 6.10. The highest BCUT2D eigenvalue weighted by atomic mass is 79.9. The summed E-state index contributed by atoms with van der Waals surface area (Å²) in [6, 6.07) is 1.70. The van der Waals surface area contributed by atoms with Crippen LogP contribution in [0.5, 0.6) is 0 Å². The van der Waals surface area contributed by atoms with Gasteiger partial charge in [-0.05, 0) is 27.4 Å². The van der Waals surface area contributed by atoms with E-state index in [1.165, 1.54) is 7.11 Å². The number of halogens is 1. The molecule has 1 aromatic rings. The topological polar surface area (TPSA) is 51.2 Å². The second-order valence-corrected chi connectivity index (χ2v) is 5.87. The third-order valence-corrected chi connectivity index (χ3v) is 2.48. The number of carbonyl (C=O) groups is 1. The molecule has 0 saturated carbocycles. The zero-order chi connectivity index (χ0) is 13.1. The van der Waals surface area contributed by atoms with Crippen molar-refractivity contribution >= 4 is 27.7 Å². The van der Waals surface area contributed by atoms with Gasteiger partial charge in [-0.1, -0.05) is 20.8 Å². The molecule has 0 atom stereocenters. The summed E-state index contributed by atoms with van der Waals surface area (Å²) in [5, 5.41) is 3.16. The Labute approximate surface area is 110 Å². The van der Waals surface area contributed by atoms with Crippen molar-refractivity contribution in [1.82, 2.24) is 4.98 Å². The lowest BCUT2D eigenvalue weighted by atomic mass is 9.97. The van der Waals surface area contributed by atoms with Gasteiger partial charge in [0, 0.05) is 17.2 Å². The number of hydrogen-bond acceptors (Lipinski definition) is 4. The number of pyridine rings is 1. The largest absolute Gasteiger partial charge is 0.465 e. The summed E-state index contributed by atoms with van der Waals surface area (Å²) in [5.41, 5.74) is 0.549. The van der Waals surface area contributed by atoms with E-state index in [-0.39, 0.29) is 5.41 Å². The molecule has 0 amide bonds. The van der Waals surface area contributed by atoms with E-state index >= 15 is 0 Å². The molecule has 0 fully saturated rings. The first-order valence-electron chi connectivity index (χ1n) is 5.31. The predicted octanol–water partition coefficient (Wildman–Crippen LogP) is 3.09. The molecule has 1 N–H and O–H groups in total. The third-order valence-electron chi connectivity index (χ3n) is 2.05. The molecule has 0 spiro atoms. The van der Waals surface area contributed by atoms with E-state index < -0.39 is 5.97 Å². The number of carbonyl (C=O) groups excluding carboxylic acids is 1. The van der Waals surface area contributed by atoms with Crippen LogP contribution in [0.4, 0.5) is 5.82 Å². The van der Waals surface area contributed by atoms with Gasteiger partial charge in [0.1, 0.15) is 11.4 Å². The molecule has 1 aromatic heterocycles. The number of methoxy groups -OCH3 is 1. The molecule has 0 aliphatic rings. The van der Waals surface area contributed by atoms with Gasteiger partial charge in [-0.2, -0.15) is 0 Å². The van der Waals surface area contributed by atoms with Crippen LogP contribution in [0.3, 0.4) is 0 Å². The van der Waals surface area contributed by atoms with Crippen molar-refractivity contribution in [3.63, 3.8) is 0 Å². The maximum atomic E-state index is 11.6. The minimum absolute atomic E-state index is 0.113. The maximum absolute atomic E-state index is 11.6. The second kappa shape index (κ2) is 5.49. The van der Waals surface area contributed by atoms with Gasteiger partial charge in [-0.15, -0.1) is 0 Å². The zero-order valence-corrected chi connectivity index (χ0v) is 12.1. The molecular weight excluding hydrogens is 284 g/mol. The van der Waals surface area contributed by atoms with Crippen molar-refractivity contribution in [3.05, 3.63) is 22.3 Å². The summed E-state index contributed by atoms with van der Waals surface area (Å²) in [6.45, 7) is 7.05. The van der Waals surface area contributed by atoms with Crippen LogP contribution in [0.2, 0.25) is 0 Å². The fourth-order valence-electron chi connectivity index (χ4n) is 1.19. The number of esters is 1. The highest BCUT2D eigenvalue weighted by molar-refractivity contribution is 9.10. The van der Waals surface area contributed by atoms with E-state index in [2.05, 4.69) is 47.0 Å². The van der Waals surface area contributed by atoms with Gasteiger partial charge in [-0.25, -0.2) is 9.78 Å². The highest BCUT2D eigenvalue weighted by Gasteiger charge is 2.16. The van der Waals surface area contributed by atoms with Crippen LogP contribution >= 0.6 is 15.9 Å². The van der Waals surface area contributed by atoms with E-state index in [9.17, 15) is 4.79 Å². The summed E-state index contributed by atoms with van der Waals surface area (Å²) in [5.74, 6) is 0.158. The first-order chi connectivity index (χ1) is 7.83. The van der Waals surface area contributed by atoms with Gasteiger partial charge in [0.25, 0.3) is 0 Å². The lowest BCUT2D eigenvalue weighted by Gasteiger charge is -2.20. The summed E-state index contributed by atoms with van der Waals surface area (Å²) >= 11 is 3.29. The Hall–Kier alpha value is -1.10. The van der Waals surface area contributed by atoms with Crippen molar-refractivity contribution in [2.24, 2.45) is 5.41 Å². The lowest BCUT2D eigenvalue weighted by molar-refractivity contribution is 0.0601. The lowest BCUT2D eigenvalue weighted by Crippen LogP contribution is -2.21. The summed E-state index contributed by atoms with van der Waals surface area (Å²) in [6.07, 6.45) is 1.65. The van der Waals surface area contributed by atoms with Gasteiger partial charge in [0.05, 0.1) is 7.11 Å². The minimum atomic E-state index is -0.393. The number of ether oxygens (including phenoxy) is 1. The van der Waals surface area contributed by atoms with E-state index in [1.54, 1.807) is 12.3 Å². The molecule has 0 aromatic carbocycles. The number of nitrogens with zero attached hydrogens (tertiary/aromatic N) is 1. The van der Waals surface area contributed by atoms with Gasteiger partial charge in [0.15, 0.2) is 0 Å². The summed E-state index contributed by atoms with van der Waals surface area (Å²) < 4.78 is 5.47. The molecule has 4 nitrogen and oxygen atoms in total. The molecule has 17 heavy (non-hydrogen) atoms. The fraction of sp³-hybridized carbons (Fsp3) is 0.500. The van der Waals surface area contributed by atoms with E-state index in [4.69, 9.17) is 4.74 Å². The van der Waals surface area contributed by atoms with Crippen LogP contribution in [0, 0.1) is 5.41 Å². The monoisotopic (exact) mass is 300 g/mol. The quantitative estimate of drug-likeness (QED) is 0.872. The molecule has 1 heterocycles. The van der Waals surface area contributed by atoms with E-state index in [0.717, 1.165) is 11.0 Å². The molecule has 0 radical (unpaired) electrons. The number of aromatic nitrogens is 1. The van der Waals surface area contributed by atoms with Crippen LogP contribution in [0.15, 0.2) is 16.7 Å². The van der Waals surface area contributed by atoms with Crippen molar-refractivity contribution < 1.29 is 9.53 Å². The Morgan fingerprint density at radius 2 is 2.18 bits per heavy atom. The van der Waals surface area contributed by atoms with Crippen molar-refractivity contribution in [2.45, 2.75) is 20.8 Å².